The molecule has 0 fully saturated rings. The lowest BCUT2D eigenvalue weighted by atomic mass is 10.1. The first-order valence-corrected chi connectivity index (χ1v) is 9.58. The van der Waals surface area contributed by atoms with Gasteiger partial charge in [-0.1, -0.05) is 23.9 Å². The minimum absolute atomic E-state index is 0.347. The fourth-order valence-electron chi connectivity index (χ4n) is 2.18. The molecule has 0 aliphatic rings. The van der Waals surface area contributed by atoms with Gasteiger partial charge < -0.3 is 0 Å². The molecule has 2 heterocycles. The minimum Gasteiger partial charge on any atom is -0.267 e. The monoisotopic (exact) mass is 383 g/mol. The third kappa shape index (κ3) is 4.30. The van der Waals surface area contributed by atoms with E-state index in [2.05, 4.69) is 28.8 Å². The predicted octanol–water partition coefficient (Wildman–Crippen LogP) is 3.99. The van der Waals surface area contributed by atoms with Crippen LogP contribution in [0.25, 0.3) is 0 Å². The van der Waals surface area contributed by atoms with Crippen LogP contribution in [0.5, 0.6) is 0 Å². The highest BCUT2D eigenvalue weighted by molar-refractivity contribution is 7.99. The zero-order valence-electron chi connectivity index (χ0n) is 14.3. The number of amides is 2. The number of aromatic nitrogens is 1. The van der Waals surface area contributed by atoms with Crippen LogP contribution in [0.15, 0.2) is 64.0 Å². The van der Waals surface area contributed by atoms with Gasteiger partial charge in [0.2, 0.25) is 0 Å². The highest BCUT2D eigenvalue weighted by atomic mass is 32.2. The molecule has 0 radical (unpaired) electrons. The Kier molecular flexibility index (Phi) is 5.70. The number of hydrogen-bond acceptors (Lipinski definition) is 5. The number of hydrazine groups is 1. The topological polar surface area (TPSA) is 71.1 Å². The second-order valence-corrected chi connectivity index (χ2v) is 7.60. The Balaban J connectivity index is 1.72. The maximum Gasteiger partial charge on any atom is 0.279 e. The quantitative estimate of drug-likeness (QED) is 0.669. The van der Waals surface area contributed by atoms with Crippen molar-refractivity contribution < 1.29 is 9.59 Å². The number of benzene rings is 1. The number of pyridine rings is 1. The molecule has 2 aromatic heterocycles. The average Bonchev–Trinajstić information content (AvgIpc) is 3.18. The van der Waals surface area contributed by atoms with E-state index in [1.807, 2.05) is 19.1 Å². The van der Waals surface area contributed by atoms with E-state index in [9.17, 15) is 9.59 Å². The summed E-state index contributed by atoms with van der Waals surface area (Å²) in [5.74, 6) is -0.755. The number of nitrogens with one attached hydrogen (secondary N) is 2. The molecule has 0 atom stereocenters. The Morgan fingerprint density at radius 1 is 1.00 bits per heavy atom. The molecule has 0 unspecified atom stereocenters. The maximum atomic E-state index is 12.5. The van der Waals surface area contributed by atoms with Crippen molar-refractivity contribution in [3.8, 4) is 0 Å². The van der Waals surface area contributed by atoms with E-state index in [1.54, 1.807) is 35.8 Å². The molecule has 2 N–H and O–H groups in total. The largest absolute Gasteiger partial charge is 0.279 e. The molecule has 7 heteroatoms. The summed E-state index contributed by atoms with van der Waals surface area (Å²) >= 11 is 2.72. The van der Waals surface area contributed by atoms with Crippen molar-refractivity contribution in [2.75, 3.05) is 0 Å². The van der Waals surface area contributed by atoms with Gasteiger partial charge in [0.15, 0.2) is 0 Å². The summed E-state index contributed by atoms with van der Waals surface area (Å²) in [6.45, 7) is 4.10. The zero-order chi connectivity index (χ0) is 18.5. The molecule has 2 amide bonds. The summed E-state index contributed by atoms with van der Waals surface area (Å²) in [5.41, 5.74) is 7.67. The van der Waals surface area contributed by atoms with Crippen LogP contribution in [0.1, 0.15) is 31.2 Å². The fraction of sp³-hybridized carbons (Fsp3) is 0.105. The van der Waals surface area contributed by atoms with Crippen molar-refractivity contribution in [2.24, 2.45) is 0 Å². The van der Waals surface area contributed by atoms with Gasteiger partial charge in [0, 0.05) is 11.1 Å². The molecule has 0 saturated carbocycles. The third-order valence-electron chi connectivity index (χ3n) is 3.74. The van der Waals surface area contributed by atoms with Gasteiger partial charge in [-0.2, -0.15) is 0 Å². The molecule has 0 aliphatic carbocycles. The first-order chi connectivity index (χ1) is 12.5. The maximum absolute atomic E-state index is 12.5. The van der Waals surface area contributed by atoms with Crippen LogP contribution in [0.4, 0.5) is 0 Å². The van der Waals surface area contributed by atoms with Gasteiger partial charge in [-0.05, 0) is 60.7 Å². The SMILES string of the molecule is Cc1ccc(Sc2ncccc2C(=O)NNC(=O)c2cccs2)cc1C. The molecule has 0 spiro atoms. The van der Waals surface area contributed by atoms with Gasteiger partial charge in [-0.25, -0.2) is 4.98 Å². The summed E-state index contributed by atoms with van der Waals surface area (Å²) < 4.78 is 0. The lowest BCUT2D eigenvalue weighted by Gasteiger charge is -2.10. The normalized spacial score (nSPS) is 10.4. The van der Waals surface area contributed by atoms with Crippen LogP contribution in [0, 0.1) is 13.8 Å². The molecular weight excluding hydrogens is 366 g/mol. The number of thiophene rings is 1. The predicted molar refractivity (Wildman–Crippen MR) is 104 cm³/mol. The zero-order valence-corrected chi connectivity index (χ0v) is 15.9. The first kappa shape index (κ1) is 18.2. The second kappa shape index (κ2) is 8.16. The summed E-state index contributed by atoms with van der Waals surface area (Å²) in [6, 6.07) is 13.0. The lowest BCUT2D eigenvalue weighted by molar-refractivity contribution is 0.0847. The van der Waals surface area contributed by atoms with Crippen molar-refractivity contribution in [3.63, 3.8) is 0 Å². The van der Waals surface area contributed by atoms with Crippen molar-refractivity contribution in [2.45, 2.75) is 23.8 Å². The van der Waals surface area contributed by atoms with Crippen LogP contribution in [-0.2, 0) is 0 Å². The van der Waals surface area contributed by atoms with E-state index in [-0.39, 0.29) is 5.91 Å². The van der Waals surface area contributed by atoms with Crippen LogP contribution in [0.3, 0.4) is 0 Å². The Bertz CT molecular complexity index is 940. The van der Waals surface area contributed by atoms with Crippen molar-refractivity contribution in [1.29, 1.82) is 0 Å². The Morgan fingerprint density at radius 3 is 2.54 bits per heavy atom. The minimum atomic E-state index is -0.408. The Morgan fingerprint density at radius 2 is 1.81 bits per heavy atom. The molecule has 3 rings (SSSR count). The second-order valence-electron chi connectivity index (χ2n) is 5.59. The summed E-state index contributed by atoms with van der Waals surface area (Å²) in [5, 5.41) is 2.38. The van der Waals surface area contributed by atoms with Crippen LogP contribution in [-0.4, -0.2) is 16.8 Å². The average molecular weight is 383 g/mol. The first-order valence-electron chi connectivity index (χ1n) is 7.89. The van der Waals surface area contributed by atoms with Crippen molar-refractivity contribution in [3.05, 3.63) is 75.6 Å². The highest BCUT2D eigenvalue weighted by Gasteiger charge is 2.15. The number of rotatable bonds is 4. The number of nitrogens with zero attached hydrogens (tertiary/aromatic N) is 1. The van der Waals surface area contributed by atoms with E-state index in [4.69, 9.17) is 0 Å². The van der Waals surface area contributed by atoms with Crippen molar-refractivity contribution in [1.82, 2.24) is 15.8 Å². The van der Waals surface area contributed by atoms with Gasteiger partial charge >= 0.3 is 0 Å². The van der Waals surface area contributed by atoms with Crippen LogP contribution >= 0.6 is 23.1 Å². The molecule has 0 bridgehead atoms. The standard InChI is InChI=1S/C19H17N3O2S2/c1-12-7-8-14(11-13(12)2)26-19-15(5-3-9-20-19)17(23)21-22-18(24)16-6-4-10-25-16/h3-11H,1-2H3,(H,21,23)(H,22,24). The smallest absolute Gasteiger partial charge is 0.267 e. The van der Waals surface area contributed by atoms with Crippen LogP contribution in [0.2, 0.25) is 0 Å². The Labute approximate surface area is 159 Å². The van der Waals surface area contributed by atoms with E-state index in [1.165, 1.54) is 34.2 Å². The highest BCUT2D eigenvalue weighted by Crippen LogP contribution is 2.29. The van der Waals surface area contributed by atoms with Gasteiger partial charge in [0.1, 0.15) is 5.03 Å². The van der Waals surface area contributed by atoms with Gasteiger partial charge in [-0.15, -0.1) is 11.3 Å². The number of hydrogen-bond donors (Lipinski definition) is 2. The van der Waals surface area contributed by atoms with Crippen molar-refractivity contribution >= 4 is 34.9 Å². The number of aryl methyl sites for hydroxylation is 2. The molecule has 0 aliphatic heterocycles. The number of carbonyl (C=O) groups excluding carboxylic acids is 2. The molecule has 5 nitrogen and oxygen atoms in total. The summed E-state index contributed by atoms with van der Waals surface area (Å²) in [7, 11) is 0. The molecule has 26 heavy (non-hydrogen) atoms. The summed E-state index contributed by atoms with van der Waals surface area (Å²) in [6.07, 6.45) is 1.64. The van der Waals surface area contributed by atoms with E-state index in [0.29, 0.717) is 15.5 Å². The molecule has 132 valence electrons. The van der Waals surface area contributed by atoms with Crippen LogP contribution < -0.4 is 10.9 Å². The van der Waals surface area contributed by atoms with Gasteiger partial charge in [0.25, 0.3) is 11.8 Å². The molecule has 1 aromatic carbocycles. The third-order valence-corrected chi connectivity index (χ3v) is 5.62. The van der Waals surface area contributed by atoms with E-state index < -0.39 is 5.91 Å². The summed E-state index contributed by atoms with van der Waals surface area (Å²) in [4.78, 5) is 30.3. The molecule has 0 saturated heterocycles. The van der Waals surface area contributed by atoms with Gasteiger partial charge in [-0.3, -0.25) is 20.4 Å². The van der Waals surface area contributed by atoms with E-state index >= 15 is 0 Å². The number of carbonyl (C=O) groups is 2. The van der Waals surface area contributed by atoms with E-state index in [0.717, 1.165) is 4.90 Å². The Hall–Kier alpha value is -2.64. The molecular formula is C19H17N3O2S2. The van der Waals surface area contributed by atoms with Gasteiger partial charge in [0.05, 0.1) is 10.4 Å². The fourth-order valence-corrected chi connectivity index (χ4v) is 3.78. The molecule has 3 aromatic rings. The lowest BCUT2D eigenvalue weighted by Crippen LogP contribution is -2.41.